The summed E-state index contributed by atoms with van der Waals surface area (Å²) in [6.07, 6.45) is 0. The van der Waals surface area contributed by atoms with Gasteiger partial charge in [-0.15, -0.1) is 0 Å². The van der Waals surface area contributed by atoms with E-state index in [-0.39, 0.29) is 11.3 Å². The minimum atomic E-state index is -0.988. The van der Waals surface area contributed by atoms with Gasteiger partial charge < -0.3 is 9.52 Å². The van der Waals surface area contributed by atoms with E-state index in [1.54, 1.807) is 13.0 Å². The largest absolute Gasteiger partial charge is 0.503 e. The van der Waals surface area contributed by atoms with Crippen molar-refractivity contribution in [2.75, 3.05) is 4.90 Å². The fourth-order valence-electron chi connectivity index (χ4n) is 4.15. The summed E-state index contributed by atoms with van der Waals surface area (Å²) in [5.74, 6) is -1.95. The number of fused-ring (bicyclic) bond motifs is 1. The summed E-state index contributed by atoms with van der Waals surface area (Å²) >= 11 is 1.29. The van der Waals surface area contributed by atoms with Crippen molar-refractivity contribution in [3.05, 3.63) is 93.9 Å². The molecule has 3 heterocycles. The highest BCUT2D eigenvalue weighted by molar-refractivity contribution is 7.22. The average Bonchev–Trinajstić information content (AvgIpc) is 3.45. The van der Waals surface area contributed by atoms with Crippen molar-refractivity contribution in [1.82, 2.24) is 4.98 Å². The normalized spacial score (nSPS) is 16.3. The number of hydrogen-bond acceptors (Lipinski definition) is 6. The lowest BCUT2D eigenvalue weighted by molar-refractivity contribution is -0.117. The van der Waals surface area contributed by atoms with E-state index < -0.39 is 29.3 Å². The number of thiazole rings is 1. The van der Waals surface area contributed by atoms with Crippen LogP contribution in [0.2, 0.25) is 0 Å². The number of amides is 1. The highest BCUT2D eigenvalue weighted by atomic mass is 32.1. The van der Waals surface area contributed by atoms with Crippen LogP contribution in [-0.2, 0) is 4.79 Å². The van der Waals surface area contributed by atoms with Crippen LogP contribution in [0.3, 0.4) is 0 Å². The molecule has 1 aliphatic rings. The molecular weight excluding hydrogens is 443 g/mol. The predicted molar refractivity (Wildman–Crippen MR) is 123 cm³/mol. The first-order valence-corrected chi connectivity index (χ1v) is 11.1. The third-order valence-electron chi connectivity index (χ3n) is 5.63. The topological polar surface area (TPSA) is 83.6 Å². The lowest BCUT2D eigenvalue weighted by atomic mass is 9.95. The van der Waals surface area contributed by atoms with Gasteiger partial charge in [0.2, 0.25) is 5.78 Å². The number of Topliss-reactive ketones (excluding diaryl/α,β-unsaturated/α-hetero) is 1. The summed E-state index contributed by atoms with van der Waals surface area (Å²) in [5.41, 5.74) is 3.09. The first kappa shape index (κ1) is 21.1. The summed E-state index contributed by atoms with van der Waals surface area (Å²) in [6, 6.07) is 11.6. The minimum absolute atomic E-state index is 0.00609. The van der Waals surface area contributed by atoms with Crippen molar-refractivity contribution in [3.8, 4) is 0 Å². The Morgan fingerprint density at radius 1 is 1.12 bits per heavy atom. The van der Waals surface area contributed by atoms with Crippen molar-refractivity contribution >= 4 is 38.4 Å². The second kappa shape index (κ2) is 7.67. The number of ketones is 1. The number of benzene rings is 2. The molecule has 0 saturated heterocycles. The zero-order valence-electron chi connectivity index (χ0n) is 18.0. The predicted octanol–water partition coefficient (Wildman–Crippen LogP) is 5.74. The number of furan rings is 1. The average molecular weight is 463 g/mol. The molecule has 0 radical (unpaired) electrons. The first-order chi connectivity index (χ1) is 15.7. The van der Waals surface area contributed by atoms with Gasteiger partial charge in [0, 0.05) is 0 Å². The molecule has 1 unspecified atom stereocenters. The molecule has 0 spiro atoms. The quantitative estimate of drug-likeness (QED) is 0.391. The molecule has 33 heavy (non-hydrogen) atoms. The first-order valence-electron chi connectivity index (χ1n) is 10.3. The Bertz CT molecular complexity index is 1470. The smallest absolute Gasteiger partial charge is 0.296 e. The maximum Gasteiger partial charge on any atom is 0.296 e. The second-order valence-corrected chi connectivity index (χ2v) is 9.07. The summed E-state index contributed by atoms with van der Waals surface area (Å²) in [7, 11) is 0. The minimum Gasteiger partial charge on any atom is -0.503 e. The van der Waals surface area contributed by atoms with E-state index in [4.69, 9.17) is 4.42 Å². The maximum atomic E-state index is 13.7. The van der Waals surface area contributed by atoms with E-state index in [2.05, 4.69) is 4.98 Å². The Hall–Kier alpha value is -3.78. The molecule has 166 valence electrons. The van der Waals surface area contributed by atoms with Crippen LogP contribution < -0.4 is 4.90 Å². The number of hydrogen-bond donors (Lipinski definition) is 1. The van der Waals surface area contributed by atoms with Gasteiger partial charge >= 0.3 is 0 Å². The Balaban J connectivity index is 1.69. The Morgan fingerprint density at radius 3 is 2.52 bits per heavy atom. The highest BCUT2D eigenvalue weighted by Gasteiger charge is 2.46. The summed E-state index contributed by atoms with van der Waals surface area (Å²) < 4.78 is 20.0. The van der Waals surface area contributed by atoms with Gasteiger partial charge in [0.25, 0.3) is 5.91 Å². The zero-order valence-corrected chi connectivity index (χ0v) is 18.9. The van der Waals surface area contributed by atoms with Crippen LogP contribution in [0.1, 0.15) is 39.0 Å². The lowest BCUT2D eigenvalue weighted by Gasteiger charge is -2.24. The molecule has 6 nitrogen and oxygen atoms in total. The number of aryl methyl sites for hydroxylation is 3. The van der Waals surface area contributed by atoms with E-state index in [9.17, 15) is 19.1 Å². The number of anilines is 1. The molecule has 2 aromatic heterocycles. The Labute approximate surface area is 192 Å². The van der Waals surface area contributed by atoms with E-state index in [1.165, 1.54) is 46.6 Å². The van der Waals surface area contributed by atoms with Gasteiger partial charge in [-0.2, -0.15) is 0 Å². The van der Waals surface area contributed by atoms with E-state index in [0.717, 1.165) is 21.3 Å². The van der Waals surface area contributed by atoms with Gasteiger partial charge in [0.05, 0.1) is 21.8 Å². The van der Waals surface area contributed by atoms with Crippen LogP contribution in [0.4, 0.5) is 9.52 Å². The maximum absolute atomic E-state index is 13.7. The molecule has 1 N–H and O–H groups in total. The van der Waals surface area contributed by atoms with Crippen LogP contribution in [0, 0.1) is 26.6 Å². The molecule has 0 fully saturated rings. The highest BCUT2D eigenvalue weighted by Crippen LogP contribution is 2.44. The Kier molecular flexibility index (Phi) is 4.90. The number of aromatic nitrogens is 1. The number of aliphatic hydroxyl groups is 1. The van der Waals surface area contributed by atoms with Crippen molar-refractivity contribution in [1.29, 1.82) is 0 Å². The number of rotatable bonds is 4. The standard InChI is InChI=1S/C25H19FN2O4S/c1-12-10-13(2)20-18(11-12)33-25(27-20)28-21(15-5-7-16(26)8-6-15)19(23(30)24(28)31)22(29)17-9-4-14(3)32-17/h4-11,21,30H,1-3H3. The lowest BCUT2D eigenvalue weighted by Crippen LogP contribution is -2.31. The fraction of sp³-hybridized carbons (Fsp3) is 0.160. The van der Waals surface area contributed by atoms with E-state index >= 15 is 0 Å². The van der Waals surface area contributed by atoms with Crippen LogP contribution >= 0.6 is 11.3 Å². The molecular formula is C25H19FN2O4S. The molecule has 1 amide bonds. The number of aliphatic hydroxyl groups excluding tert-OH is 1. The van der Waals surface area contributed by atoms with Gasteiger partial charge in [0.1, 0.15) is 11.6 Å². The van der Waals surface area contributed by atoms with E-state index in [0.29, 0.717) is 16.5 Å². The van der Waals surface area contributed by atoms with Gasteiger partial charge in [-0.25, -0.2) is 9.37 Å². The molecule has 5 rings (SSSR count). The number of carbonyl (C=O) groups excluding carboxylic acids is 2. The molecule has 0 saturated carbocycles. The van der Waals surface area contributed by atoms with Crippen molar-refractivity contribution in [2.45, 2.75) is 26.8 Å². The van der Waals surface area contributed by atoms with Gasteiger partial charge in [-0.3, -0.25) is 14.5 Å². The number of halogens is 1. The molecule has 1 aliphatic heterocycles. The molecule has 0 aliphatic carbocycles. The SMILES string of the molecule is Cc1cc(C)c2nc(N3C(=O)C(O)=C(C(=O)c4ccc(C)o4)C3c3ccc(F)cc3)sc2c1. The van der Waals surface area contributed by atoms with Crippen LogP contribution in [0.15, 0.2) is 64.3 Å². The van der Waals surface area contributed by atoms with Gasteiger partial charge in [0.15, 0.2) is 16.7 Å². The molecule has 8 heteroatoms. The molecule has 1 atom stereocenters. The van der Waals surface area contributed by atoms with Crippen LogP contribution in [0.25, 0.3) is 10.2 Å². The van der Waals surface area contributed by atoms with Crippen LogP contribution in [0.5, 0.6) is 0 Å². The third kappa shape index (κ3) is 3.43. The summed E-state index contributed by atoms with van der Waals surface area (Å²) in [5, 5.41) is 11.2. The summed E-state index contributed by atoms with van der Waals surface area (Å²) in [6.45, 7) is 5.61. The number of nitrogens with zero attached hydrogens (tertiary/aromatic N) is 2. The number of carbonyl (C=O) groups is 2. The van der Waals surface area contributed by atoms with Crippen molar-refractivity contribution in [3.63, 3.8) is 0 Å². The van der Waals surface area contributed by atoms with Crippen LogP contribution in [-0.4, -0.2) is 21.8 Å². The zero-order chi connectivity index (χ0) is 23.4. The summed E-state index contributed by atoms with van der Waals surface area (Å²) in [4.78, 5) is 32.6. The third-order valence-corrected chi connectivity index (χ3v) is 6.63. The Morgan fingerprint density at radius 2 is 1.85 bits per heavy atom. The monoisotopic (exact) mass is 462 g/mol. The molecule has 0 bridgehead atoms. The van der Waals surface area contributed by atoms with E-state index in [1.807, 2.05) is 26.0 Å². The van der Waals surface area contributed by atoms with Crippen molar-refractivity contribution < 1.29 is 23.5 Å². The van der Waals surface area contributed by atoms with Crippen molar-refractivity contribution in [2.24, 2.45) is 0 Å². The van der Waals surface area contributed by atoms with Gasteiger partial charge in [-0.05, 0) is 67.8 Å². The fourth-order valence-corrected chi connectivity index (χ4v) is 5.31. The molecule has 2 aromatic carbocycles. The van der Waals surface area contributed by atoms with Gasteiger partial charge in [-0.1, -0.05) is 29.5 Å². The second-order valence-electron chi connectivity index (χ2n) is 8.06. The molecule has 4 aromatic rings.